The molecule has 72 valence electrons. The number of methoxy groups -OCH3 is 1. The first-order chi connectivity index (χ1) is 6.16. The van der Waals surface area contributed by atoms with Crippen molar-refractivity contribution in [3.05, 3.63) is 23.9 Å². The third kappa shape index (κ3) is 2.17. The Morgan fingerprint density at radius 2 is 2.15 bits per heavy atom. The minimum atomic E-state index is -0.955. The van der Waals surface area contributed by atoms with Crippen LogP contribution in [0.2, 0.25) is 0 Å². The van der Waals surface area contributed by atoms with Gasteiger partial charge in [0.1, 0.15) is 6.10 Å². The van der Waals surface area contributed by atoms with Crippen LogP contribution in [0.4, 0.5) is 0 Å². The molecular weight excluding hydrogens is 170 g/mol. The van der Waals surface area contributed by atoms with Gasteiger partial charge in [-0.1, -0.05) is 0 Å². The standard InChI is InChI=1S/C9H13NO3/c1-6(11)8(12)7-4-3-5-10-9(7)13-2/h3-6,8,11-12H,1-2H3. The van der Waals surface area contributed by atoms with Crippen LogP contribution in [0.3, 0.4) is 0 Å². The van der Waals surface area contributed by atoms with E-state index in [1.807, 2.05) is 0 Å². The van der Waals surface area contributed by atoms with E-state index in [-0.39, 0.29) is 0 Å². The Bertz CT molecular complexity index is 275. The molecule has 2 atom stereocenters. The second-order valence-electron chi connectivity index (χ2n) is 2.79. The van der Waals surface area contributed by atoms with Crippen LogP contribution in [0.25, 0.3) is 0 Å². The molecule has 0 aliphatic rings. The SMILES string of the molecule is COc1ncccc1C(O)C(C)O. The van der Waals surface area contributed by atoms with Gasteiger partial charge in [-0.05, 0) is 19.1 Å². The van der Waals surface area contributed by atoms with E-state index in [9.17, 15) is 5.11 Å². The van der Waals surface area contributed by atoms with Crippen molar-refractivity contribution in [2.24, 2.45) is 0 Å². The van der Waals surface area contributed by atoms with E-state index in [4.69, 9.17) is 9.84 Å². The summed E-state index contributed by atoms with van der Waals surface area (Å²) >= 11 is 0. The van der Waals surface area contributed by atoms with Crippen molar-refractivity contribution >= 4 is 0 Å². The maximum Gasteiger partial charge on any atom is 0.218 e. The van der Waals surface area contributed by atoms with E-state index in [1.165, 1.54) is 14.0 Å². The fraction of sp³-hybridized carbons (Fsp3) is 0.444. The molecule has 4 nitrogen and oxygen atoms in total. The molecule has 0 bridgehead atoms. The van der Waals surface area contributed by atoms with Crippen molar-refractivity contribution in [2.45, 2.75) is 19.1 Å². The summed E-state index contributed by atoms with van der Waals surface area (Å²) in [7, 11) is 1.47. The zero-order chi connectivity index (χ0) is 9.84. The van der Waals surface area contributed by atoms with Gasteiger partial charge in [0.05, 0.1) is 13.2 Å². The molecule has 1 heterocycles. The van der Waals surface area contributed by atoms with Gasteiger partial charge in [-0.25, -0.2) is 4.98 Å². The molecule has 1 aromatic rings. The molecule has 0 fully saturated rings. The zero-order valence-electron chi connectivity index (χ0n) is 7.64. The van der Waals surface area contributed by atoms with Gasteiger partial charge in [-0.3, -0.25) is 0 Å². The average Bonchev–Trinajstić information content (AvgIpc) is 2.16. The highest BCUT2D eigenvalue weighted by atomic mass is 16.5. The Hall–Kier alpha value is -1.13. The van der Waals surface area contributed by atoms with Crippen LogP contribution in [0.5, 0.6) is 5.88 Å². The molecule has 0 aliphatic heterocycles. The predicted octanol–water partition coefficient (Wildman–Crippen LogP) is 0.504. The zero-order valence-corrected chi connectivity index (χ0v) is 7.64. The number of pyridine rings is 1. The number of hydrogen-bond donors (Lipinski definition) is 2. The van der Waals surface area contributed by atoms with Crippen molar-refractivity contribution in [2.75, 3.05) is 7.11 Å². The first-order valence-electron chi connectivity index (χ1n) is 4.02. The lowest BCUT2D eigenvalue weighted by molar-refractivity contribution is 0.0287. The summed E-state index contributed by atoms with van der Waals surface area (Å²) < 4.78 is 4.93. The molecule has 1 aromatic heterocycles. The number of rotatable bonds is 3. The number of ether oxygens (including phenoxy) is 1. The molecule has 1 rings (SSSR count). The van der Waals surface area contributed by atoms with E-state index >= 15 is 0 Å². The summed E-state index contributed by atoms with van der Waals surface area (Å²) in [5, 5.41) is 18.7. The number of hydrogen-bond acceptors (Lipinski definition) is 4. The molecule has 4 heteroatoms. The summed E-state index contributed by atoms with van der Waals surface area (Å²) in [5.41, 5.74) is 0.500. The van der Waals surface area contributed by atoms with Gasteiger partial charge in [0.2, 0.25) is 5.88 Å². The highest BCUT2D eigenvalue weighted by Gasteiger charge is 2.18. The topological polar surface area (TPSA) is 62.6 Å². The van der Waals surface area contributed by atoms with Gasteiger partial charge < -0.3 is 14.9 Å². The second-order valence-corrected chi connectivity index (χ2v) is 2.79. The predicted molar refractivity (Wildman–Crippen MR) is 47.4 cm³/mol. The number of aliphatic hydroxyl groups is 2. The first kappa shape index (κ1) is 9.95. The number of nitrogens with zero attached hydrogens (tertiary/aromatic N) is 1. The maximum absolute atomic E-state index is 9.54. The minimum absolute atomic E-state index is 0.343. The van der Waals surface area contributed by atoms with Gasteiger partial charge in [-0.2, -0.15) is 0 Å². The lowest BCUT2D eigenvalue weighted by Gasteiger charge is -2.15. The first-order valence-corrected chi connectivity index (χ1v) is 4.02. The Morgan fingerprint density at radius 1 is 1.46 bits per heavy atom. The Balaban J connectivity index is 2.98. The van der Waals surface area contributed by atoms with Crippen molar-refractivity contribution < 1.29 is 14.9 Å². The lowest BCUT2D eigenvalue weighted by atomic mass is 10.1. The molecule has 2 N–H and O–H groups in total. The monoisotopic (exact) mass is 183 g/mol. The van der Waals surface area contributed by atoms with Gasteiger partial charge >= 0.3 is 0 Å². The largest absolute Gasteiger partial charge is 0.481 e. The Morgan fingerprint density at radius 3 is 2.69 bits per heavy atom. The summed E-state index contributed by atoms with van der Waals surface area (Å²) in [6.45, 7) is 1.51. The van der Waals surface area contributed by atoms with Crippen LogP contribution >= 0.6 is 0 Å². The summed E-state index contributed by atoms with van der Waals surface area (Å²) in [5.74, 6) is 0.343. The normalized spacial score (nSPS) is 15.1. The Labute approximate surface area is 76.8 Å². The number of aliphatic hydroxyl groups excluding tert-OH is 2. The highest BCUT2D eigenvalue weighted by molar-refractivity contribution is 5.28. The van der Waals surface area contributed by atoms with Gasteiger partial charge in [0, 0.05) is 11.8 Å². The van der Waals surface area contributed by atoms with E-state index in [2.05, 4.69) is 4.98 Å². The molecule has 0 saturated carbocycles. The van der Waals surface area contributed by atoms with Crippen molar-refractivity contribution in [1.82, 2.24) is 4.98 Å². The van der Waals surface area contributed by atoms with E-state index in [0.29, 0.717) is 11.4 Å². The minimum Gasteiger partial charge on any atom is -0.481 e. The van der Waals surface area contributed by atoms with Gasteiger partial charge in [-0.15, -0.1) is 0 Å². The van der Waals surface area contributed by atoms with E-state index < -0.39 is 12.2 Å². The van der Waals surface area contributed by atoms with Crippen molar-refractivity contribution in [1.29, 1.82) is 0 Å². The quantitative estimate of drug-likeness (QED) is 0.716. The van der Waals surface area contributed by atoms with Crippen LogP contribution in [0.15, 0.2) is 18.3 Å². The fourth-order valence-electron chi connectivity index (χ4n) is 1.06. The molecule has 2 unspecified atom stereocenters. The van der Waals surface area contributed by atoms with E-state index in [0.717, 1.165) is 0 Å². The molecule has 0 saturated heterocycles. The van der Waals surface area contributed by atoms with Crippen LogP contribution in [-0.2, 0) is 0 Å². The van der Waals surface area contributed by atoms with Crippen LogP contribution in [0, 0.1) is 0 Å². The van der Waals surface area contributed by atoms with Crippen LogP contribution in [-0.4, -0.2) is 28.4 Å². The third-order valence-corrected chi connectivity index (χ3v) is 1.77. The summed E-state index contributed by atoms with van der Waals surface area (Å²) in [6, 6.07) is 3.35. The second kappa shape index (κ2) is 4.20. The molecule has 13 heavy (non-hydrogen) atoms. The molecule has 0 aliphatic carbocycles. The molecular formula is C9H13NO3. The molecule has 0 amide bonds. The summed E-state index contributed by atoms with van der Waals surface area (Å²) in [4.78, 5) is 3.91. The van der Waals surface area contributed by atoms with E-state index in [1.54, 1.807) is 18.3 Å². The Kier molecular flexibility index (Phi) is 3.22. The fourth-order valence-corrected chi connectivity index (χ4v) is 1.06. The smallest absolute Gasteiger partial charge is 0.218 e. The van der Waals surface area contributed by atoms with Crippen molar-refractivity contribution in [3.63, 3.8) is 0 Å². The maximum atomic E-state index is 9.54. The van der Waals surface area contributed by atoms with Crippen LogP contribution < -0.4 is 4.74 Å². The lowest BCUT2D eigenvalue weighted by Crippen LogP contribution is -2.15. The third-order valence-electron chi connectivity index (χ3n) is 1.77. The molecule has 0 spiro atoms. The van der Waals surface area contributed by atoms with Gasteiger partial charge in [0.15, 0.2) is 0 Å². The number of aromatic nitrogens is 1. The summed E-state index contributed by atoms with van der Waals surface area (Å²) in [6.07, 6.45) is -0.223. The highest BCUT2D eigenvalue weighted by Crippen LogP contribution is 2.24. The molecule has 0 aromatic carbocycles. The molecule has 0 radical (unpaired) electrons. The van der Waals surface area contributed by atoms with Crippen LogP contribution in [0.1, 0.15) is 18.6 Å². The van der Waals surface area contributed by atoms with Crippen molar-refractivity contribution in [3.8, 4) is 5.88 Å². The average molecular weight is 183 g/mol. The van der Waals surface area contributed by atoms with Gasteiger partial charge in [0.25, 0.3) is 0 Å².